The van der Waals surface area contributed by atoms with Gasteiger partial charge in [-0.1, -0.05) is 0 Å². The van der Waals surface area contributed by atoms with Crippen LogP contribution in [0.2, 0.25) is 0 Å². The van der Waals surface area contributed by atoms with E-state index in [1.54, 1.807) is 15.6 Å². The topological polar surface area (TPSA) is 95.5 Å². The number of hydrogen-bond acceptors (Lipinski definition) is 5. The van der Waals surface area contributed by atoms with Crippen LogP contribution in [0.25, 0.3) is 11.4 Å². The molecule has 9 heteroatoms. The molecule has 4 heterocycles. The molecule has 4 rings (SSSR count). The van der Waals surface area contributed by atoms with Crippen LogP contribution in [0, 0.1) is 6.92 Å². The summed E-state index contributed by atoms with van der Waals surface area (Å²) in [6, 6.07) is 1.94. The monoisotopic (exact) mass is 368 g/mol. The lowest BCUT2D eigenvalue weighted by Crippen LogP contribution is -2.36. The van der Waals surface area contributed by atoms with Gasteiger partial charge in [-0.15, -0.1) is 10.2 Å². The summed E-state index contributed by atoms with van der Waals surface area (Å²) < 4.78 is 5.65. The Morgan fingerprint density at radius 1 is 1.33 bits per heavy atom. The molecule has 1 atom stereocenters. The molecule has 1 aliphatic heterocycles. The molecule has 0 fully saturated rings. The maximum absolute atomic E-state index is 12.7. The number of carbonyl (C=O) groups is 1. The van der Waals surface area contributed by atoms with E-state index in [1.165, 1.54) is 0 Å². The van der Waals surface area contributed by atoms with Crippen LogP contribution in [0.15, 0.2) is 18.5 Å². The van der Waals surface area contributed by atoms with Gasteiger partial charge in [-0.3, -0.25) is 14.2 Å². The van der Waals surface area contributed by atoms with Gasteiger partial charge in [0.15, 0.2) is 5.82 Å². The van der Waals surface area contributed by atoms with E-state index in [-0.39, 0.29) is 11.9 Å². The van der Waals surface area contributed by atoms with Gasteiger partial charge < -0.3 is 9.88 Å². The lowest BCUT2D eigenvalue weighted by molar-refractivity contribution is 0.0922. The quantitative estimate of drug-likeness (QED) is 0.750. The first kappa shape index (κ1) is 17.4. The van der Waals surface area contributed by atoms with Crippen molar-refractivity contribution in [3.63, 3.8) is 0 Å². The molecular weight excluding hydrogens is 344 g/mol. The molecule has 3 aromatic rings. The molecule has 1 amide bonds. The highest BCUT2D eigenvalue weighted by atomic mass is 16.2. The third-order valence-corrected chi connectivity index (χ3v) is 4.98. The summed E-state index contributed by atoms with van der Waals surface area (Å²) in [4.78, 5) is 12.7. The Kier molecular flexibility index (Phi) is 4.51. The van der Waals surface area contributed by atoms with Crippen LogP contribution in [0.3, 0.4) is 0 Å². The number of aryl methyl sites for hydroxylation is 4. The number of nitrogens with one attached hydrogen (secondary N) is 1. The van der Waals surface area contributed by atoms with E-state index in [0.717, 1.165) is 48.7 Å². The first-order valence-electron chi connectivity index (χ1n) is 9.31. The van der Waals surface area contributed by atoms with Crippen LogP contribution in [0.1, 0.15) is 41.8 Å². The van der Waals surface area contributed by atoms with E-state index >= 15 is 0 Å². The summed E-state index contributed by atoms with van der Waals surface area (Å²) in [5.74, 6) is 1.73. The molecular formula is C18H24N8O. The normalized spacial score (nSPS) is 16.8. The van der Waals surface area contributed by atoms with Gasteiger partial charge in [0.25, 0.3) is 5.91 Å². The summed E-state index contributed by atoms with van der Waals surface area (Å²) in [5, 5.41) is 20.5. The molecule has 0 saturated heterocycles. The van der Waals surface area contributed by atoms with E-state index in [0.29, 0.717) is 12.2 Å². The van der Waals surface area contributed by atoms with Crippen molar-refractivity contribution in [1.29, 1.82) is 0 Å². The van der Waals surface area contributed by atoms with Crippen LogP contribution in [-0.2, 0) is 26.6 Å². The van der Waals surface area contributed by atoms with E-state index in [4.69, 9.17) is 0 Å². The number of rotatable bonds is 4. The average molecular weight is 368 g/mol. The van der Waals surface area contributed by atoms with E-state index in [9.17, 15) is 4.79 Å². The minimum atomic E-state index is -0.0624. The van der Waals surface area contributed by atoms with Crippen LogP contribution in [0.4, 0.5) is 0 Å². The lowest BCUT2D eigenvalue weighted by atomic mass is 10.1. The number of fused-ring (bicyclic) bond motifs is 1. The van der Waals surface area contributed by atoms with E-state index in [2.05, 4.69) is 30.3 Å². The highest BCUT2D eigenvalue weighted by Crippen LogP contribution is 2.22. The fourth-order valence-corrected chi connectivity index (χ4v) is 3.61. The van der Waals surface area contributed by atoms with Gasteiger partial charge in [-0.05, 0) is 32.8 Å². The molecule has 1 N–H and O–H groups in total. The largest absolute Gasteiger partial charge is 0.348 e. The lowest BCUT2D eigenvalue weighted by Gasteiger charge is -2.16. The van der Waals surface area contributed by atoms with E-state index < -0.39 is 0 Å². The zero-order valence-electron chi connectivity index (χ0n) is 15.9. The maximum atomic E-state index is 12.7. The summed E-state index contributed by atoms with van der Waals surface area (Å²) in [7, 11) is 1.89. The van der Waals surface area contributed by atoms with Crippen molar-refractivity contribution in [2.75, 3.05) is 0 Å². The molecule has 0 radical (unpaired) electrons. The first-order chi connectivity index (χ1) is 13.0. The third kappa shape index (κ3) is 3.36. The Bertz CT molecular complexity index is 966. The average Bonchev–Trinajstić information content (AvgIpc) is 3.32. The molecule has 1 unspecified atom stereocenters. The van der Waals surface area contributed by atoms with E-state index in [1.807, 2.05) is 33.2 Å². The standard InChI is InChI=1S/C18H24N8O/c1-4-26-15(9-12(2)23-26)18(27)20-14-5-6-16-21-22-17(25(16)8-7-14)13-10-19-24(3)11-13/h9-11,14H,4-8H2,1-3H3,(H,20,27). The molecule has 3 aromatic heterocycles. The number of aromatic nitrogens is 7. The Morgan fingerprint density at radius 3 is 2.93 bits per heavy atom. The number of nitrogens with zero attached hydrogens (tertiary/aromatic N) is 7. The van der Waals surface area contributed by atoms with Gasteiger partial charge in [0.05, 0.1) is 17.5 Å². The molecule has 27 heavy (non-hydrogen) atoms. The van der Waals surface area contributed by atoms with Gasteiger partial charge in [0.1, 0.15) is 11.5 Å². The van der Waals surface area contributed by atoms with Crippen LogP contribution < -0.4 is 5.32 Å². The van der Waals surface area contributed by atoms with Gasteiger partial charge >= 0.3 is 0 Å². The highest BCUT2D eigenvalue weighted by molar-refractivity contribution is 5.92. The first-order valence-corrected chi connectivity index (χ1v) is 9.31. The Labute approximate surface area is 157 Å². The molecule has 0 spiro atoms. The predicted octanol–water partition coefficient (Wildman–Crippen LogP) is 1.34. The number of hydrogen-bond donors (Lipinski definition) is 1. The van der Waals surface area contributed by atoms with Gasteiger partial charge in [-0.25, -0.2) is 0 Å². The van der Waals surface area contributed by atoms with Crippen molar-refractivity contribution >= 4 is 5.91 Å². The third-order valence-electron chi connectivity index (χ3n) is 4.98. The van der Waals surface area contributed by atoms with Crippen LogP contribution in [0.5, 0.6) is 0 Å². The summed E-state index contributed by atoms with van der Waals surface area (Å²) in [6.07, 6.45) is 6.20. The second kappa shape index (κ2) is 6.98. The van der Waals surface area contributed by atoms with Crippen molar-refractivity contribution < 1.29 is 4.79 Å². The predicted molar refractivity (Wildman–Crippen MR) is 99.1 cm³/mol. The molecule has 0 aliphatic carbocycles. The summed E-state index contributed by atoms with van der Waals surface area (Å²) >= 11 is 0. The van der Waals surface area contributed by atoms with Crippen LogP contribution >= 0.6 is 0 Å². The number of amides is 1. The fraction of sp³-hybridized carbons (Fsp3) is 0.500. The number of carbonyl (C=O) groups excluding carboxylic acids is 1. The maximum Gasteiger partial charge on any atom is 0.269 e. The molecule has 0 bridgehead atoms. The molecule has 0 saturated carbocycles. The van der Waals surface area contributed by atoms with Crippen molar-refractivity contribution in [3.05, 3.63) is 35.7 Å². The zero-order valence-corrected chi connectivity index (χ0v) is 15.9. The SMILES string of the molecule is CCn1nc(C)cc1C(=O)NC1CCc2nnc(-c3cnn(C)c3)n2CC1. The second-order valence-electron chi connectivity index (χ2n) is 6.98. The summed E-state index contributed by atoms with van der Waals surface area (Å²) in [6.45, 7) is 5.33. The molecule has 9 nitrogen and oxygen atoms in total. The van der Waals surface area contributed by atoms with Gasteiger partial charge in [0, 0.05) is 38.8 Å². The minimum Gasteiger partial charge on any atom is -0.348 e. The minimum absolute atomic E-state index is 0.0624. The fourth-order valence-electron chi connectivity index (χ4n) is 3.61. The Hall–Kier alpha value is -2.97. The highest BCUT2D eigenvalue weighted by Gasteiger charge is 2.24. The van der Waals surface area contributed by atoms with Gasteiger partial charge in [-0.2, -0.15) is 10.2 Å². The Balaban J connectivity index is 1.47. The second-order valence-corrected chi connectivity index (χ2v) is 6.98. The summed E-state index contributed by atoms with van der Waals surface area (Å²) in [5.41, 5.74) is 2.44. The van der Waals surface area contributed by atoms with Crippen molar-refractivity contribution in [2.24, 2.45) is 7.05 Å². The van der Waals surface area contributed by atoms with Crippen molar-refractivity contribution in [1.82, 2.24) is 39.6 Å². The smallest absolute Gasteiger partial charge is 0.269 e. The molecule has 0 aromatic carbocycles. The van der Waals surface area contributed by atoms with Crippen molar-refractivity contribution in [2.45, 2.75) is 52.2 Å². The zero-order chi connectivity index (χ0) is 19.0. The molecule has 1 aliphatic rings. The van der Waals surface area contributed by atoms with Crippen LogP contribution in [-0.4, -0.2) is 46.3 Å². The van der Waals surface area contributed by atoms with Crippen molar-refractivity contribution in [3.8, 4) is 11.4 Å². The molecule has 142 valence electrons. The Morgan fingerprint density at radius 2 is 2.19 bits per heavy atom. The van der Waals surface area contributed by atoms with Gasteiger partial charge in [0.2, 0.25) is 0 Å².